The lowest BCUT2D eigenvalue weighted by molar-refractivity contribution is -0.384. The third-order valence-corrected chi connectivity index (χ3v) is 3.09. The first-order valence-corrected chi connectivity index (χ1v) is 6.46. The summed E-state index contributed by atoms with van der Waals surface area (Å²) in [4.78, 5) is 26.4. The van der Waals surface area contributed by atoms with Gasteiger partial charge in [-0.2, -0.15) is 0 Å². The Morgan fingerprint density at radius 1 is 1.23 bits per heavy atom. The Balaban J connectivity index is 1.81. The topological polar surface area (TPSA) is 98.3 Å². The molecule has 0 saturated carbocycles. The van der Waals surface area contributed by atoms with E-state index in [0.717, 1.165) is 0 Å². The van der Waals surface area contributed by atoms with Crippen molar-refractivity contribution in [2.45, 2.75) is 6.92 Å². The third kappa shape index (κ3) is 2.64. The molecule has 3 aromatic rings. The minimum absolute atomic E-state index is 0.0601. The number of amides is 1. The quantitative estimate of drug-likeness (QED) is 0.590. The molecule has 0 radical (unpaired) electrons. The predicted molar refractivity (Wildman–Crippen MR) is 79.8 cm³/mol. The molecule has 110 valence electrons. The standard InChI is InChI=1S/C15H11N3O4/c1-9-16-13-7-4-11(8-14(13)22-9)17-15(19)10-2-5-12(6-3-10)18(20)21/h2-8H,1H3,(H,17,19). The van der Waals surface area contributed by atoms with E-state index >= 15 is 0 Å². The molecule has 0 fully saturated rings. The Morgan fingerprint density at radius 3 is 2.64 bits per heavy atom. The van der Waals surface area contributed by atoms with E-state index in [1.54, 1.807) is 25.1 Å². The zero-order valence-corrected chi connectivity index (χ0v) is 11.6. The van der Waals surface area contributed by atoms with Crippen LogP contribution in [0.5, 0.6) is 0 Å². The maximum Gasteiger partial charge on any atom is 0.269 e. The molecule has 0 aliphatic carbocycles. The van der Waals surface area contributed by atoms with E-state index < -0.39 is 4.92 Å². The minimum atomic E-state index is -0.512. The van der Waals surface area contributed by atoms with Crippen molar-refractivity contribution >= 4 is 28.4 Å². The maximum absolute atomic E-state index is 12.1. The van der Waals surface area contributed by atoms with E-state index in [9.17, 15) is 14.9 Å². The van der Waals surface area contributed by atoms with Crippen LogP contribution in [-0.2, 0) is 0 Å². The fourth-order valence-electron chi connectivity index (χ4n) is 2.06. The summed E-state index contributed by atoms with van der Waals surface area (Å²) in [5, 5.41) is 13.3. The van der Waals surface area contributed by atoms with Crippen molar-refractivity contribution in [2.24, 2.45) is 0 Å². The van der Waals surface area contributed by atoms with E-state index in [-0.39, 0.29) is 11.6 Å². The molecule has 1 heterocycles. The highest BCUT2D eigenvalue weighted by molar-refractivity contribution is 6.05. The van der Waals surface area contributed by atoms with E-state index in [4.69, 9.17) is 4.42 Å². The highest BCUT2D eigenvalue weighted by atomic mass is 16.6. The molecule has 0 saturated heterocycles. The number of nitrogens with zero attached hydrogens (tertiary/aromatic N) is 2. The monoisotopic (exact) mass is 297 g/mol. The van der Waals surface area contributed by atoms with Crippen LogP contribution in [0.15, 0.2) is 46.9 Å². The average molecular weight is 297 g/mol. The molecule has 3 rings (SSSR count). The first-order chi connectivity index (χ1) is 10.5. The maximum atomic E-state index is 12.1. The number of aromatic nitrogens is 1. The number of rotatable bonds is 3. The van der Waals surface area contributed by atoms with Gasteiger partial charge in [-0.25, -0.2) is 4.98 Å². The summed E-state index contributed by atoms with van der Waals surface area (Å²) < 4.78 is 5.40. The molecule has 1 N–H and O–H groups in total. The molecule has 1 amide bonds. The molecule has 7 heteroatoms. The number of hydrogen-bond donors (Lipinski definition) is 1. The van der Waals surface area contributed by atoms with E-state index in [0.29, 0.717) is 28.2 Å². The molecule has 0 spiro atoms. The van der Waals surface area contributed by atoms with Gasteiger partial charge in [0, 0.05) is 36.4 Å². The number of benzene rings is 2. The van der Waals surface area contributed by atoms with E-state index in [2.05, 4.69) is 10.3 Å². The number of oxazole rings is 1. The van der Waals surface area contributed by atoms with Crippen LogP contribution in [0.1, 0.15) is 16.2 Å². The average Bonchev–Trinajstić information content (AvgIpc) is 2.86. The van der Waals surface area contributed by atoms with Crippen LogP contribution in [0.2, 0.25) is 0 Å². The Kier molecular flexibility index (Phi) is 3.30. The lowest BCUT2D eigenvalue weighted by atomic mass is 10.2. The van der Waals surface area contributed by atoms with Gasteiger partial charge in [0.15, 0.2) is 11.5 Å². The van der Waals surface area contributed by atoms with Crippen molar-refractivity contribution in [3.05, 3.63) is 64.0 Å². The molecular formula is C15H11N3O4. The Morgan fingerprint density at radius 2 is 1.95 bits per heavy atom. The van der Waals surface area contributed by atoms with E-state index in [1.165, 1.54) is 24.3 Å². The molecule has 0 unspecified atom stereocenters. The van der Waals surface area contributed by atoms with Crippen molar-refractivity contribution in [1.29, 1.82) is 0 Å². The zero-order chi connectivity index (χ0) is 15.7. The molecule has 0 aliphatic heterocycles. The molecule has 0 bridgehead atoms. The second-order valence-corrected chi connectivity index (χ2v) is 4.67. The summed E-state index contributed by atoms with van der Waals surface area (Å²) in [6.07, 6.45) is 0. The van der Waals surface area contributed by atoms with Crippen LogP contribution in [0.3, 0.4) is 0 Å². The number of carbonyl (C=O) groups excluding carboxylic acids is 1. The van der Waals surface area contributed by atoms with Gasteiger partial charge in [0.05, 0.1) is 4.92 Å². The van der Waals surface area contributed by atoms with Gasteiger partial charge >= 0.3 is 0 Å². The van der Waals surface area contributed by atoms with Crippen molar-refractivity contribution in [2.75, 3.05) is 5.32 Å². The van der Waals surface area contributed by atoms with Crippen molar-refractivity contribution in [3.8, 4) is 0 Å². The van der Waals surface area contributed by atoms with Gasteiger partial charge < -0.3 is 9.73 Å². The number of nitro benzene ring substituents is 1. The highest BCUT2D eigenvalue weighted by Gasteiger charge is 2.10. The number of non-ortho nitro benzene ring substituents is 1. The van der Waals surface area contributed by atoms with Crippen LogP contribution in [0, 0.1) is 17.0 Å². The van der Waals surface area contributed by atoms with E-state index in [1.807, 2.05) is 0 Å². The lowest BCUT2D eigenvalue weighted by Crippen LogP contribution is -2.11. The molecular weight excluding hydrogens is 286 g/mol. The molecule has 2 aromatic carbocycles. The van der Waals surface area contributed by atoms with Crippen molar-refractivity contribution < 1.29 is 14.1 Å². The van der Waals surface area contributed by atoms with Crippen molar-refractivity contribution in [1.82, 2.24) is 4.98 Å². The van der Waals surface area contributed by atoms with Crippen molar-refractivity contribution in [3.63, 3.8) is 0 Å². The molecule has 0 aliphatic rings. The number of fused-ring (bicyclic) bond motifs is 1. The summed E-state index contributed by atoms with van der Waals surface area (Å²) in [5.74, 6) is 0.194. The third-order valence-electron chi connectivity index (χ3n) is 3.09. The smallest absolute Gasteiger partial charge is 0.269 e. The fraction of sp³-hybridized carbons (Fsp3) is 0.0667. The first kappa shape index (κ1) is 13.7. The summed E-state index contributed by atoms with van der Waals surface area (Å²) in [6, 6.07) is 10.5. The number of nitrogens with one attached hydrogen (secondary N) is 1. The normalized spacial score (nSPS) is 10.6. The molecule has 7 nitrogen and oxygen atoms in total. The lowest BCUT2D eigenvalue weighted by Gasteiger charge is -2.04. The van der Waals surface area contributed by atoms with Crippen LogP contribution < -0.4 is 5.32 Å². The number of nitro groups is 1. The second kappa shape index (κ2) is 5.28. The largest absolute Gasteiger partial charge is 0.441 e. The van der Waals surface area contributed by atoms with Crippen LogP contribution in [0.4, 0.5) is 11.4 Å². The number of aryl methyl sites for hydroxylation is 1. The van der Waals surface area contributed by atoms with Crippen LogP contribution in [0.25, 0.3) is 11.1 Å². The first-order valence-electron chi connectivity index (χ1n) is 6.46. The number of carbonyl (C=O) groups is 1. The highest BCUT2D eigenvalue weighted by Crippen LogP contribution is 2.20. The molecule has 1 aromatic heterocycles. The molecule has 22 heavy (non-hydrogen) atoms. The summed E-state index contributed by atoms with van der Waals surface area (Å²) in [5.41, 5.74) is 2.13. The Labute approximate surface area is 124 Å². The minimum Gasteiger partial charge on any atom is -0.441 e. The van der Waals surface area contributed by atoms with Crippen LogP contribution in [-0.4, -0.2) is 15.8 Å². The van der Waals surface area contributed by atoms with Gasteiger partial charge in [-0.15, -0.1) is 0 Å². The van der Waals surface area contributed by atoms with Gasteiger partial charge in [-0.1, -0.05) is 0 Å². The second-order valence-electron chi connectivity index (χ2n) is 4.67. The predicted octanol–water partition coefficient (Wildman–Crippen LogP) is 3.30. The van der Waals surface area contributed by atoms with Gasteiger partial charge in [0.2, 0.25) is 0 Å². The van der Waals surface area contributed by atoms with Gasteiger partial charge in [-0.05, 0) is 24.3 Å². The van der Waals surface area contributed by atoms with Crippen LogP contribution >= 0.6 is 0 Å². The van der Waals surface area contributed by atoms with Gasteiger partial charge in [0.25, 0.3) is 11.6 Å². The summed E-state index contributed by atoms with van der Waals surface area (Å²) in [7, 11) is 0. The Hall–Kier alpha value is -3.22. The SMILES string of the molecule is Cc1nc2ccc(NC(=O)c3ccc([N+](=O)[O-])cc3)cc2o1. The fourth-order valence-corrected chi connectivity index (χ4v) is 2.06. The van der Waals surface area contributed by atoms with Gasteiger partial charge in [-0.3, -0.25) is 14.9 Å². The number of hydrogen-bond acceptors (Lipinski definition) is 5. The zero-order valence-electron chi connectivity index (χ0n) is 11.6. The van der Waals surface area contributed by atoms with Gasteiger partial charge in [0.1, 0.15) is 5.52 Å². The summed E-state index contributed by atoms with van der Waals surface area (Å²) in [6.45, 7) is 1.75. The Bertz CT molecular complexity index is 868. The molecule has 0 atom stereocenters. The summed E-state index contributed by atoms with van der Waals surface area (Å²) >= 11 is 0. The number of anilines is 1.